The Morgan fingerprint density at radius 2 is 1.96 bits per heavy atom. The zero-order chi connectivity index (χ0) is 19.8. The Bertz CT molecular complexity index is 707. The molecule has 1 saturated heterocycles. The minimum absolute atomic E-state index is 0.0954. The molecule has 1 atom stereocenters. The van der Waals surface area contributed by atoms with E-state index in [1.54, 1.807) is 31.2 Å². The predicted molar refractivity (Wildman–Crippen MR) is 102 cm³/mol. The van der Waals surface area contributed by atoms with Crippen molar-refractivity contribution in [1.29, 1.82) is 0 Å². The number of carbonyl (C=O) groups excluding carboxylic acids is 3. The fraction of sp³-hybridized carbons (Fsp3) is 0.444. The number of amides is 2. The summed E-state index contributed by atoms with van der Waals surface area (Å²) in [6.45, 7) is 5.09. The van der Waals surface area contributed by atoms with Crippen LogP contribution in [0.4, 0.5) is 0 Å². The van der Waals surface area contributed by atoms with Crippen molar-refractivity contribution < 1.29 is 23.9 Å². The highest BCUT2D eigenvalue weighted by molar-refractivity contribution is 7.80. The first-order valence-corrected chi connectivity index (χ1v) is 9.15. The molecule has 2 rings (SSSR count). The quantitative estimate of drug-likeness (QED) is 0.546. The van der Waals surface area contributed by atoms with Crippen molar-refractivity contribution >= 4 is 35.1 Å². The average molecular weight is 393 g/mol. The van der Waals surface area contributed by atoms with Crippen LogP contribution >= 0.6 is 12.2 Å². The maximum atomic E-state index is 12.4. The van der Waals surface area contributed by atoms with E-state index in [1.165, 1.54) is 4.90 Å². The number of piperazine rings is 1. The van der Waals surface area contributed by atoms with E-state index < -0.39 is 17.9 Å². The van der Waals surface area contributed by atoms with Gasteiger partial charge in [0.05, 0.1) is 19.6 Å². The summed E-state index contributed by atoms with van der Waals surface area (Å²) in [5.74, 6) is -0.556. The molecule has 0 radical (unpaired) electrons. The summed E-state index contributed by atoms with van der Waals surface area (Å²) in [7, 11) is 0. The molecule has 2 N–H and O–H groups in total. The van der Waals surface area contributed by atoms with E-state index in [-0.39, 0.29) is 24.0 Å². The van der Waals surface area contributed by atoms with Crippen molar-refractivity contribution in [2.24, 2.45) is 0 Å². The van der Waals surface area contributed by atoms with Crippen molar-refractivity contribution in [2.75, 3.05) is 26.3 Å². The van der Waals surface area contributed by atoms with E-state index in [0.29, 0.717) is 31.0 Å². The van der Waals surface area contributed by atoms with E-state index in [1.807, 2.05) is 6.92 Å². The van der Waals surface area contributed by atoms with Crippen molar-refractivity contribution in [1.82, 2.24) is 15.5 Å². The van der Waals surface area contributed by atoms with Crippen LogP contribution in [0.15, 0.2) is 24.3 Å². The smallest absolute Gasteiger partial charge is 0.308 e. The highest BCUT2D eigenvalue weighted by Crippen LogP contribution is 2.13. The van der Waals surface area contributed by atoms with Gasteiger partial charge in [-0.25, -0.2) is 0 Å². The van der Waals surface area contributed by atoms with Gasteiger partial charge in [-0.05, 0) is 50.3 Å². The summed E-state index contributed by atoms with van der Waals surface area (Å²) in [6, 6.07) is 5.83. The van der Waals surface area contributed by atoms with Crippen LogP contribution in [0.2, 0.25) is 0 Å². The molecule has 146 valence electrons. The van der Waals surface area contributed by atoms with Crippen molar-refractivity contribution in [3.8, 4) is 5.75 Å². The van der Waals surface area contributed by atoms with E-state index in [0.717, 1.165) is 0 Å². The van der Waals surface area contributed by atoms with Crippen LogP contribution in [0.1, 0.15) is 30.6 Å². The summed E-state index contributed by atoms with van der Waals surface area (Å²) in [6.07, 6.45) is -0.140. The van der Waals surface area contributed by atoms with Gasteiger partial charge in [-0.15, -0.1) is 0 Å². The van der Waals surface area contributed by atoms with Gasteiger partial charge in [0.2, 0.25) is 5.91 Å². The van der Waals surface area contributed by atoms with Gasteiger partial charge in [0.25, 0.3) is 5.91 Å². The molecule has 0 saturated carbocycles. The number of esters is 1. The van der Waals surface area contributed by atoms with E-state index in [4.69, 9.17) is 21.7 Å². The number of carbonyl (C=O) groups is 3. The number of benzene rings is 1. The Morgan fingerprint density at radius 3 is 2.59 bits per heavy atom. The van der Waals surface area contributed by atoms with Crippen LogP contribution in [0, 0.1) is 0 Å². The van der Waals surface area contributed by atoms with Crippen LogP contribution in [-0.2, 0) is 14.3 Å². The van der Waals surface area contributed by atoms with Gasteiger partial charge in [0, 0.05) is 18.7 Å². The summed E-state index contributed by atoms with van der Waals surface area (Å²) in [4.78, 5) is 37.9. The topological polar surface area (TPSA) is 97.0 Å². The number of nitrogens with one attached hydrogen (secondary N) is 2. The molecular weight excluding hydrogens is 370 g/mol. The van der Waals surface area contributed by atoms with E-state index >= 15 is 0 Å². The van der Waals surface area contributed by atoms with Gasteiger partial charge >= 0.3 is 5.97 Å². The molecule has 1 aromatic carbocycles. The third kappa shape index (κ3) is 5.65. The van der Waals surface area contributed by atoms with Crippen molar-refractivity contribution in [2.45, 2.75) is 26.3 Å². The molecule has 0 spiro atoms. The molecule has 1 aliphatic heterocycles. The molecule has 9 heteroatoms. The first kappa shape index (κ1) is 20.6. The first-order chi connectivity index (χ1) is 13.0. The highest BCUT2D eigenvalue weighted by atomic mass is 32.1. The lowest BCUT2D eigenvalue weighted by molar-refractivity contribution is -0.147. The highest BCUT2D eigenvalue weighted by Gasteiger charge is 2.34. The van der Waals surface area contributed by atoms with Gasteiger partial charge in [0.1, 0.15) is 11.8 Å². The summed E-state index contributed by atoms with van der Waals surface area (Å²) in [5.41, 5.74) is 0.407. The molecule has 0 aliphatic carbocycles. The van der Waals surface area contributed by atoms with Crippen molar-refractivity contribution in [3.63, 3.8) is 0 Å². The molecule has 0 bridgehead atoms. The van der Waals surface area contributed by atoms with Crippen LogP contribution < -0.4 is 15.4 Å². The van der Waals surface area contributed by atoms with Crippen LogP contribution in [-0.4, -0.2) is 60.1 Å². The zero-order valence-corrected chi connectivity index (χ0v) is 16.1. The van der Waals surface area contributed by atoms with Gasteiger partial charge in [-0.2, -0.15) is 0 Å². The third-order valence-electron chi connectivity index (χ3n) is 3.90. The third-order valence-corrected chi connectivity index (χ3v) is 4.24. The number of hydrogen-bond donors (Lipinski definition) is 2. The van der Waals surface area contributed by atoms with Crippen LogP contribution in [0.25, 0.3) is 0 Å². The SMILES string of the molecule is CCOC(=O)CC1C(=O)NCCN1C(=S)NC(=O)c1ccc(OCC)cc1. The van der Waals surface area contributed by atoms with E-state index in [2.05, 4.69) is 10.6 Å². The lowest BCUT2D eigenvalue weighted by atomic mass is 10.1. The second kappa shape index (κ2) is 9.86. The maximum Gasteiger partial charge on any atom is 0.308 e. The molecule has 27 heavy (non-hydrogen) atoms. The number of ether oxygens (including phenoxy) is 2. The molecule has 0 aromatic heterocycles. The Labute approximate surface area is 163 Å². The van der Waals surface area contributed by atoms with Crippen molar-refractivity contribution in [3.05, 3.63) is 29.8 Å². The number of hydrogen-bond acceptors (Lipinski definition) is 6. The lowest BCUT2D eigenvalue weighted by Gasteiger charge is -2.36. The summed E-state index contributed by atoms with van der Waals surface area (Å²) in [5, 5.41) is 5.41. The number of rotatable bonds is 6. The molecule has 1 aromatic rings. The molecule has 2 amide bonds. The number of nitrogens with zero attached hydrogens (tertiary/aromatic N) is 1. The molecule has 1 aliphatic rings. The van der Waals surface area contributed by atoms with Gasteiger partial charge in [-0.1, -0.05) is 0 Å². The Balaban J connectivity index is 2.03. The number of thiocarbonyl (C=S) groups is 1. The Kier molecular flexibility index (Phi) is 7.54. The monoisotopic (exact) mass is 393 g/mol. The Hall–Kier alpha value is -2.68. The molecule has 1 fully saturated rings. The fourth-order valence-corrected chi connectivity index (χ4v) is 2.96. The minimum atomic E-state index is -0.814. The molecule has 1 unspecified atom stereocenters. The average Bonchev–Trinajstić information content (AvgIpc) is 2.64. The van der Waals surface area contributed by atoms with Crippen LogP contribution in [0.5, 0.6) is 5.75 Å². The normalized spacial score (nSPS) is 16.3. The molecule has 1 heterocycles. The second-order valence-corrected chi connectivity index (χ2v) is 6.11. The Morgan fingerprint density at radius 1 is 1.26 bits per heavy atom. The predicted octanol–water partition coefficient (Wildman–Crippen LogP) is 0.854. The minimum Gasteiger partial charge on any atom is -0.494 e. The maximum absolute atomic E-state index is 12.4. The van der Waals surface area contributed by atoms with Crippen LogP contribution in [0.3, 0.4) is 0 Å². The largest absolute Gasteiger partial charge is 0.494 e. The van der Waals surface area contributed by atoms with Gasteiger partial charge < -0.3 is 19.7 Å². The summed E-state index contributed by atoms with van der Waals surface area (Å²) < 4.78 is 10.3. The fourth-order valence-electron chi connectivity index (χ4n) is 2.65. The molecular formula is C18H23N3O5S. The summed E-state index contributed by atoms with van der Waals surface area (Å²) >= 11 is 5.30. The molecule has 8 nitrogen and oxygen atoms in total. The second-order valence-electron chi connectivity index (χ2n) is 5.73. The standard InChI is InChI=1S/C18H23N3O5S/c1-3-25-13-7-5-12(6-8-13)16(23)20-18(27)21-10-9-19-17(24)14(21)11-15(22)26-4-2/h5-8,14H,3-4,9-11H2,1-2H3,(H,19,24)(H,20,23,27). The zero-order valence-electron chi connectivity index (χ0n) is 15.3. The lowest BCUT2D eigenvalue weighted by Crippen LogP contribution is -2.60. The van der Waals surface area contributed by atoms with Gasteiger partial charge in [0.15, 0.2) is 5.11 Å². The van der Waals surface area contributed by atoms with Gasteiger partial charge in [-0.3, -0.25) is 19.7 Å². The first-order valence-electron chi connectivity index (χ1n) is 8.74. The van der Waals surface area contributed by atoms with E-state index in [9.17, 15) is 14.4 Å².